The van der Waals surface area contributed by atoms with Crippen LogP contribution < -0.4 is 4.74 Å². The average molecular weight is 462 g/mol. The predicted molar refractivity (Wildman–Crippen MR) is 119 cm³/mol. The molecule has 1 saturated heterocycles. The van der Waals surface area contributed by atoms with E-state index >= 15 is 0 Å². The van der Waals surface area contributed by atoms with Crippen LogP contribution in [0.15, 0.2) is 41.8 Å². The molecule has 162 valence electrons. The molecule has 1 amide bonds. The molecule has 2 aromatic carbocycles. The van der Waals surface area contributed by atoms with Crippen molar-refractivity contribution in [2.24, 2.45) is 0 Å². The van der Waals surface area contributed by atoms with Crippen molar-refractivity contribution in [2.45, 2.75) is 19.4 Å². The quantitative estimate of drug-likeness (QED) is 0.497. The Balaban J connectivity index is 1.35. The minimum absolute atomic E-state index is 0.0184. The Kier molecular flexibility index (Phi) is 6.55. The number of Topliss-reactive ketones (excluding diaryl/α,β-unsaturated/α-hetero) is 1. The molecular weight excluding hydrogens is 441 g/mol. The standard InChI is InChI=1S/C23H21ClFNO4S/c1-14(27)19-4-3-17(10-21(19)25)30-12-18-11-26(6-7-29-18)23(28)8-15-13-31-22-5-2-16(24)9-20(15)22/h2-5,9-10,13,18H,6-8,11-12H2,1H3. The van der Waals surface area contributed by atoms with Crippen LogP contribution in [0.5, 0.6) is 5.75 Å². The Morgan fingerprint density at radius 2 is 2.13 bits per heavy atom. The summed E-state index contributed by atoms with van der Waals surface area (Å²) in [5, 5.41) is 3.66. The lowest BCUT2D eigenvalue weighted by molar-refractivity contribution is -0.139. The summed E-state index contributed by atoms with van der Waals surface area (Å²) in [4.78, 5) is 26.0. The second-order valence-electron chi connectivity index (χ2n) is 7.42. The number of fused-ring (bicyclic) bond motifs is 1. The first-order chi connectivity index (χ1) is 14.9. The fourth-order valence-electron chi connectivity index (χ4n) is 3.57. The second-order valence-corrected chi connectivity index (χ2v) is 8.77. The molecule has 0 aliphatic carbocycles. The van der Waals surface area contributed by atoms with Gasteiger partial charge in [-0.25, -0.2) is 4.39 Å². The molecule has 8 heteroatoms. The zero-order valence-electron chi connectivity index (χ0n) is 16.9. The zero-order valence-corrected chi connectivity index (χ0v) is 18.5. The number of ketones is 1. The largest absolute Gasteiger partial charge is 0.491 e. The number of hydrogen-bond acceptors (Lipinski definition) is 5. The Morgan fingerprint density at radius 1 is 1.29 bits per heavy atom. The van der Waals surface area contributed by atoms with Gasteiger partial charge in [0.25, 0.3) is 0 Å². The van der Waals surface area contributed by atoms with Crippen molar-refractivity contribution in [3.05, 3.63) is 63.7 Å². The summed E-state index contributed by atoms with van der Waals surface area (Å²) in [5.74, 6) is -0.620. The first-order valence-electron chi connectivity index (χ1n) is 9.89. The Bertz CT molecular complexity index is 1130. The first kappa shape index (κ1) is 21.7. The number of nitrogens with zero attached hydrogens (tertiary/aromatic N) is 1. The van der Waals surface area contributed by atoms with Gasteiger partial charge in [0.1, 0.15) is 24.3 Å². The fourth-order valence-corrected chi connectivity index (χ4v) is 4.69. The summed E-state index contributed by atoms with van der Waals surface area (Å²) in [7, 11) is 0. The molecule has 2 heterocycles. The molecular formula is C23H21ClFNO4S. The highest BCUT2D eigenvalue weighted by Gasteiger charge is 2.25. The summed E-state index contributed by atoms with van der Waals surface area (Å²) in [5.41, 5.74) is 0.994. The lowest BCUT2D eigenvalue weighted by Gasteiger charge is -2.33. The van der Waals surface area contributed by atoms with Gasteiger partial charge in [-0.1, -0.05) is 11.6 Å². The Labute approximate surface area is 188 Å². The lowest BCUT2D eigenvalue weighted by atomic mass is 10.1. The maximum Gasteiger partial charge on any atom is 0.227 e. The van der Waals surface area contributed by atoms with Crippen molar-refractivity contribution < 1.29 is 23.5 Å². The van der Waals surface area contributed by atoms with E-state index < -0.39 is 5.82 Å². The molecule has 1 aliphatic rings. The number of thiophene rings is 1. The monoisotopic (exact) mass is 461 g/mol. The molecule has 0 N–H and O–H groups in total. The number of morpholine rings is 1. The minimum Gasteiger partial charge on any atom is -0.491 e. The fraction of sp³-hybridized carbons (Fsp3) is 0.304. The van der Waals surface area contributed by atoms with Crippen LogP contribution in [0.2, 0.25) is 5.02 Å². The van der Waals surface area contributed by atoms with Gasteiger partial charge in [-0.05, 0) is 53.6 Å². The highest BCUT2D eigenvalue weighted by atomic mass is 35.5. The van der Waals surface area contributed by atoms with Crippen LogP contribution in [0.4, 0.5) is 4.39 Å². The van der Waals surface area contributed by atoms with E-state index in [2.05, 4.69) is 0 Å². The van der Waals surface area contributed by atoms with Crippen LogP contribution in [-0.4, -0.2) is 49.0 Å². The van der Waals surface area contributed by atoms with E-state index in [0.29, 0.717) is 36.9 Å². The molecule has 1 unspecified atom stereocenters. The van der Waals surface area contributed by atoms with Crippen molar-refractivity contribution in [2.75, 3.05) is 26.3 Å². The van der Waals surface area contributed by atoms with Crippen molar-refractivity contribution in [3.63, 3.8) is 0 Å². The van der Waals surface area contributed by atoms with Gasteiger partial charge in [0.2, 0.25) is 5.91 Å². The molecule has 3 aromatic rings. The van der Waals surface area contributed by atoms with E-state index in [4.69, 9.17) is 21.1 Å². The molecule has 4 rings (SSSR count). The first-order valence-corrected chi connectivity index (χ1v) is 11.1. The highest BCUT2D eigenvalue weighted by Crippen LogP contribution is 2.29. The van der Waals surface area contributed by atoms with Crippen LogP contribution in [0.25, 0.3) is 10.1 Å². The van der Waals surface area contributed by atoms with Gasteiger partial charge < -0.3 is 14.4 Å². The predicted octanol–water partition coefficient (Wildman–Crippen LogP) is 4.75. The average Bonchev–Trinajstić information content (AvgIpc) is 3.14. The molecule has 1 aliphatic heterocycles. The zero-order chi connectivity index (χ0) is 22.0. The number of benzene rings is 2. The summed E-state index contributed by atoms with van der Waals surface area (Å²) in [6.07, 6.45) is -0.0204. The van der Waals surface area contributed by atoms with Crippen LogP contribution >= 0.6 is 22.9 Å². The number of amides is 1. The third kappa shape index (κ3) is 5.06. The van der Waals surface area contributed by atoms with Crippen molar-refractivity contribution in [1.29, 1.82) is 0 Å². The van der Waals surface area contributed by atoms with Gasteiger partial charge in [0.05, 0.1) is 25.1 Å². The van der Waals surface area contributed by atoms with Gasteiger partial charge in [-0.2, -0.15) is 0 Å². The summed E-state index contributed by atoms with van der Waals surface area (Å²) in [6.45, 7) is 2.82. The van der Waals surface area contributed by atoms with Gasteiger partial charge >= 0.3 is 0 Å². The lowest BCUT2D eigenvalue weighted by Crippen LogP contribution is -2.48. The Hall–Kier alpha value is -2.48. The number of carbonyl (C=O) groups excluding carboxylic acids is 2. The molecule has 1 fully saturated rings. The Morgan fingerprint density at radius 3 is 2.90 bits per heavy atom. The van der Waals surface area contributed by atoms with Crippen molar-refractivity contribution in [3.8, 4) is 5.75 Å². The molecule has 1 atom stereocenters. The third-order valence-electron chi connectivity index (χ3n) is 5.20. The van der Waals surface area contributed by atoms with Crippen LogP contribution in [0, 0.1) is 5.82 Å². The molecule has 0 spiro atoms. The minimum atomic E-state index is -0.616. The van der Waals surface area contributed by atoms with Crippen LogP contribution in [0.1, 0.15) is 22.8 Å². The normalized spacial score (nSPS) is 16.5. The van der Waals surface area contributed by atoms with Gasteiger partial charge in [-0.3, -0.25) is 9.59 Å². The molecule has 0 saturated carbocycles. The number of ether oxygens (including phenoxy) is 2. The molecule has 5 nitrogen and oxygen atoms in total. The number of rotatable bonds is 6. The van der Waals surface area contributed by atoms with Crippen molar-refractivity contribution in [1.82, 2.24) is 4.90 Å². The van der Waals surface area contributed by atoms with Crippen LogP contribution in [0.3, 0.4) is 0 Å². The number of hydrogen-bond donors (Lipinski definition) is 0. The maximum atomic E-state index is 14.0. The summed E-state index contributed by atoms with van der Waals surface area (Å²) < 4.78 is 26.4. The molecule has 1 aromatic heterocycles. The third-order valence-corrected chi connectivity index (χ3v) is 6.45. The summed E-state index contributed by atoms with van der Waals surface area (Å²) in [6, 6.07) is 9.85. The van der Waals surface area contributed by atoms with E-state index in [9.17, 15) is 14.0 Å². The van der Waals surface area contributed by atoms with E-state index in [1.165, 1.54) is 19.1 Å². The van der Waals surface area contributed by atoms with Gasteiger partial charge in [-0.15, -0.1) is 11.3 Å². The topological polar surface area (TPSA) is 55.8 Å². The van der Waals surface area contributed by atoms with Crippen molar-refractivity contribution >= 4 is 44.7 Å². The second kappa shape index (κ2) is 9.34. The van der Waals surface area contributed by atoms with E-state index in [-0.39, 0.29) is 30.0 Å². The summed E-state index contributed by atoms with van der Waals surface area (Å²) >= 11 is 7.71. The van der Waals surface area contributed by atoms with E-state index in [1.807, 2.05) is 23.6 Å². The smallest absolute Gasteiger partial charge is 0.227 e. The number of halogens is 2. The molecule has 31 heavy (non-hydrogen) atoms. The van der Waals surface area contributed by atoms with Gasteiger partial charge in [0.15, 0.2) is 5.78 Å². The van der Waals surface area contributed by atoms with Crippen LogP contribution in [-0.2, 0) is 16.0 Å². The van der Waals surface area contributed by atoms with E-state index in [1.54, 1.807) is 22.3 Å². The number of carbonyl (C=O) groups is 2. The molecule has 0 bridgehead atoms. The van der Waals surface area contributed by atoms with Gasteiger partial charge in [0, 0.05) is 22.3 Å². The van der Waals surface area contributed by atoms with E-state index in [0.717, 1.165) is 15.6 Å². The highest BCUT2D eigenvalue weighted by molar-refractivity contribution is 7.17. The molecule has 0 radical (unpaired) electrons. The maximum absolute atomic E-state index is 14.0. The SMILES string of the molecule is CC(=O)c1ccc(OCC2CN(C(=O)Cc3csc4ccc(Cl)cc34)CCO2)cc1F.